The fourth-order valence-electron chi connectivity index (χ4n) is 2.74. The molecule has 0 atom stereocenters. The Labute approximate surface area is 171 Å². The number of hydrogen-bond acceptors (Lipinski definition) is 5. The van der Waals surface area contributed by atoms with E-state index in [0.717, 1.165) is 21.7 Å². The van der Waals surface area contributed by atoms with Crippen LogP contribution in [0.1, 0.15) is 16.8 Å². The van der Waals surface area contributed by atoms with Gasteiger partial charge in [0.1, 0.15) is 5.01 Å². The quantitative estimate of drug-likeness (QED) is 0.541. The average Bonchev–Trinajstić information content (AvgIpc) is 3.13. The molecule has 29 heavy (non-hydrogen) atoms. The predicted molar refractivity (Wildman–Crippen MR) is 114 cm³/mol. The van der Waals surface area contributed by atoms with Gasteiger partial charge < -0.3 is 10.6 Å². The average molecular weight is 405 g/mol. The molecule has 2 aromatic carbocycles. The summed E-state index contributed by atoms with van der Waals surface area (Å²) in [5.74, 6) is 0. The van der Waals surface area contributed by atoms with Gasteiger partial charge in [-0.15, -0.1) is 0 Å². The Bertz CT molecular complexity index is 1230. The summed E-state index contributed by atoms with van der Waals surface area (Å²) < 4.78 is 1.29. The van der Waals surface area contributed by atoms with Crippen molar-refractivity contribution >= 4 is 28.0 Å². The van der Waals surface area contributed by atoms with Gasteiger partial charge in [-0.3, -0.25) is 4.79 Å². The van der Waals surface area contributed by atoms with E-state index in [2.05, 4.69) is 20.7 Å². The second-order valence-corrected chi connectivity index (χ2v) is 7.68. The lowest BCUT2D eigenvalue weighted by Gasteiger charge is -2.07. The summed E-state index contributed by atoms with van der Waals surface area (Å²) in [4.78, 5) is 29.5. The molecule has 0 bridgehead atoms. The largest absolute Gasteiger partial charge is 0.332 e. The van der Waals surface area contributed by atoms with Crippen LogP contribution < -0.4 is 16.2 Å². The second kappa shape index (κ2) is 7.84. The van der Waals surface area contributed by atoms with E-state index < -0.39 is 0 Å². The van der Waals surface area contributed by atoms with Gasteiger partial charge >= 0.3 is 6.03 Å². The van der Waals surface area contributed by atoms with Crippen LogP contribution in [0.5, 0.6) is 0 Å². The lowest BCUT2D eigenvalue weighted by molar-refractivity contribution is 0.251. The minimum atomic E-state index is -0.361. The smallest absolute Gasteiger partial charge is 0.319 e. The lowest BCUT2D eigenvalue weighted by atomic mass is 10.2. The molecule has 0 radical (unpaired) electrons. The summed E-state index contributed by atoms with van der Waals surface area (Å²) in [5.41, 5.74) is 4.10. The summed E-state index contributed by atoms with van der Waals surface area (Å²) in [6.45, 7) is 4.14. The predicted octanol–water partition coefficient (Wildman–Crippen LogP) is 3.76. The third-order valence-corrected chi connectivity index (χ3v) is 5.29. The number of benzene rings is 2. The Balaban J connectivity index is 1.49. The van der Waals surface area contributed by atoms with Crippen LogP contribution in [0.2, 0.25) is 0 Å². The molecule has 0 aliphatic carbocycles. The van der Waals surface area contributed by atoms with Gasteiger partial charge in [0.25, 0.3) is 5.56 Å². The van der Waals surface area contributed by atoms with E-state index in [1.54, 1.807) is 0 Å². The summed E-state index contributed by atoms with van der Waals surface area (Å²) in [7, 11) is 0. The summed E-state index contributed by atoms with van der Waals surface area (Å²) >= 11 is 1.34. The number of aryl methyl sites for hydroxylation is 2. The number of carbonyl (C=O) groups is 1. The monoisotopic (exact) mass is 405 g/mol. The van der Waals surface area contributed by atoms with Gasteiger partial charge in [0.2, 0.25) is 4.96 Å². The van der Waals surface area contributed by atoms with Crippen molar-refractivity contribution in [1.29, 1.82) is 0 Å². The van der Waals surface area contributed by atoms with Crippen LogP contribution in [0.4, 0.5) is 10.5 Å². The molecular weight excluding hydrogens is 386 g/mol. The van der Waals surface area contributed by atoms with Crippen LogP contribution >= 0.6 is 11.3 Å². The molecule has 0 spiro atoms. The first kappa shape index (κ1) is 18.8. The molecular formula is C21H19N5O2S. The Kier molecular flexibility index (Phi) is 5.09. The standard InChI is InChI=1S/C21H19N5O2S/c1-13-3-7-15(8-4-13)19-25-26-18(27)11-17(24-21(26)29-19)12-22-20(28)23-16-9-5-14(2)6-10-16/h3-11H,12H2,1-2H3,(H2,22,23,28). The zero-order chi connectivity index (χ0) is 20.4. The number of nitrogens with zero attached hydrogens (tertiary/aromatic N) is 3. The molecule has 4 rings (SSSR count). The number of anilines is 1. The molecule has 0 aliphatic heterocycles. The first-order chi connectivity index (χ1) is 14.0. The highest BCUT2D eigenvalue weighted by molar-refractivity contribution is 7.19. The Morgan fingerprint density at radius 3 is 2.38 bits per heavy atom. The topological polar surface area (TPSA) is 88.4 Å². The Morgan fingerprint density at radius 2 is 1.69 bits per heavy atom. The van der Waals surface area contributed by atoms with Crippen molar-refractivity contribution in [1.82, 2.24) is 19.9 Å². The zero-order valence-corrected chi connectivity index (χ0v) is 16.8. The molecule has 0 saturated heterocycles. The molecule has 2 aromatic heterocycles. The van der Waals surface area contributed by atoms with Crippen LogP contribution in [-0.2, 0) is 6.54 Å². The number of aromatic nitrogens is 3. The highest BCUT2D eigenvalue weighted by atomic mass is 32.1. The second-order valence-electron chi connectivity index (χ2n) is 6.73. The Morgan fingerprint density at radius 1 is 1.03 bits per heavy atom. The summed E-state index contributed by atoms with van der Waals surface area (Å²) in [6.07, 6.45) is 0. The van der Waals surface area contributed by atoms with Crippen molar-refractivity contribution in [2.24, 2.45) is 0 Å². The number of amides is 2. The number of nitrogens with one attached hydrogen (secondary N) is 2. The maximum Gasteiger partial charge on any atom is 0.319 e. The van der Waals surface area contributed by atoms with Gasteiger partial charge in [0.15, 0.2) is 0 Å². The third kappa shape index (κ3) is 4.33. The molecule has 0 unspecified atom stereocenters. The van der Waals surface area contributed by atoms with E-state index in [4.69, 9.17) is 0 Å². The van der Waals surface area contributed by atoms with E-state index >= 15 is 0 Å². The van der Waals surface area contributed by atoms with E-state index in [0.29, 0.717) is 16.3 Å². The van der Waals surface area contributed by atoms with Crippen LogP contribution in [0.15, 0.2) is 59.4 Å². The molecule has 4 aromatic rings. The maximum atomic E-state index is 12.4. The fourth-order valence-corrected chi connectivity index (χ4v) is 3.67. The number of hydrogen-bond donors (Lipinski definition) is 2. The molecule has 0 saturated carbocycles. The molecule has 2 heterocycles. The van der Waals surface area contributed by atoms with Gasteiger partial charge in [-0.25, -0.2) is 9.78 Å². The summed E-state index contributed by atoms with van der Waals surface area (Å²) in [5, 5.41) is 10.6. The van der Waals surface area contributed by atoms with Gasteiger partial charge in [-0.05, 0) is 26.0 Å². The van der Waals surface area contributed by atoms with E-state index in [9.17, 15) is 9.59 Å². The molecule has 8 heteroatoms. The van der Waals surface area contributed by atoms with Gasteiger partial charge in [-0.2, -0.15) is 9.61 Å². The van der Waals surface area contributed by atoms with Crippen LogP contribution in [0.3, 0.4) is 0 Å². The highest BCUT2D eigenvalue weighted by Crippen LogP contribution is 2.24. The molecule has 146 valence electrons. The number of carbonyl (C=O) groups excluding carboxylic acids is 1. The minimum absolute atomic E-state index is 0.140. The first-order valence-corrected chi connectivity index (χ1v) is 9.88. The van der Waals surface area contributed by atoms with Crippen molar-refractivity contribution < 1.29 is 4.79 Å². The zero-order valence-electron chi connectivity index (χ0n) is 16.0. The van der Waals surface area contributed by atoms with Gasteiger partial charge in [-0.1, -0.05) is 58.9 Å². The van der Waals surface area contributed by atoms with Crippen molar-refractivity contribution in [3.8, 4) is 10.6 Å². The number of rotatable bonds is 4. The van der Waals surface area contributed by atoms with Gasteiger partial charge in [0.05, 0.1) is 12.2 Å². The van der Waals surface area contributed by atoms with Crippen molar-refractivity contribution in [2.45, 2.75) is 20.4 Å². The normalized spacial score (nSPS) is 10.8. The van der Waals surface area contributed by atoms with E-state index in [1.165, 1.54) is 21.9 Å². The van der Waals surface area contributed by atoms with Crippen molar-refractivity contribution in [2.75, 3.05) is 5.32 Å². The van der Waals surface area contributed by atoms with Crippen molar-refractivity contribution in [3.05, 3.63) is 81.8 Å². The van der Waals surface area contributed by atoms with E-state index in [1.807, 2.05) is 62.4 Å². The van der Waals surface area contributed by atoms with Gasteiger partial charge in [0, 0.05) is 17.3 Å². The van der Waals surface area contributed by atoms with Crippen LogP contribution in [0.25, 0.3) is 15.5 Å². The molecule has 2 amide bonds. The number of urea groups is 1. The van der Waals surface area contributed by atoms with Crippen molar-refractivity contribution in [3.63, 3.8) is 0 Å². The number of fused-ring (bicyclic) bond motifs is 1. The highest BCUT2D eigenvalue weighted by Gasteiger charge is 2.11. The van der Waals surface area contributed by atoms with Crippen LogP contribution in [-0.4, -0.2) is 20.6 Å². The maximum absolute atomic E-state index is 12.4. The minimum Gasteiger partial charge on any atom is -0.332 e. The summed E-state index contributed by atoms with van der Waals surface area (Å²) in [6, 6.07) is 16.5. The molecule has 0 aliphatic rings. The fraction of sp³-hybridized carbons (Fsp3) is 0.143. The lowest BCUT2D eigenvalue weighted by Crippen LogP contribution is -2.29. The third-order valence-electron chi connectivity index (χ3n) is 4.34. The SMILES string of the molecule is Cc1ccc(NC(=O)NCc2cc(=O)n3nc(-c4ccc(C)cc4)sc3n2)cc1. The molecule has 7 nitrogen and oxygen atoms in total. The van der Waals surface area contributed by atoms with Crippen LogP contribution in [0, 0.1) is 13.8 Å². The van der Waals surface area contributed by atoms with E-state index in [-0.39, 0.29) is 18.1 Å². The Hall–Kier alpha value is -3.52. The first-order valence-electron chi connectivity index (χ1n) is 9.06. The molecule has 2 N–H and O–H groups in total. The molecule has 0 fully saturated rings.